The molecule has 2 atom stereocenters. The van der Waals surface area contributed by atoms with E-state index in [1.54, 1.807) is 0 Å². The second kappa shape index (κ2) is 6.43. The van der Waals surface area contributed by atoms with Crippen LogP contribution in [-0.4, -0.2) is 5.11 Å². The van der Waals surface area contributed by atoms with E-state index in [4.69, 9.17) is 11.6 Å². The van der Waals surface area contributed by atoms with Crippen molar-refractivity contribution in [3.05, 3.63) is 69.7 Å². The predicted octanol–water partition coefficient (Wildman–Crippen LogP) is 5.24. The van der Waals surface area contributed by atoms with Crippen molar-refractivity contribution in [2.45, 2.75) is 39.2 Å². The van der Waals surface area contributed by atoms with Crippen molar-refractivity contribution in [1.82, 2.24) is 0 Å². The van der Waals surface area contributed by atoms with E-state index in [9.17, 15) is 5.11 Å². The summed E-state index contributed by atoms with van der Waals surface area (Å²) in [4.78, 5) is 0. The highest BCUT2D eigenvalue weighted by Gasteiger charge is 2.13. The van der Waals surface area contributed by atoms with Crippen LogP contribution in [0.2, 0.25) is 5.02 Å². The normalized spacial score (nSPS) is 14.1. The van der Waals surface area contributed by atoms with Crippen LogP contribution in [0.3, 0.4) is 0 Å². The summed E-state index contributed by atoms with van der Waals surface area (Å²) in [5, 5.41) is 11.2. The van der Waals surface area contributed by atoms with Gasteiger partial charge < -0.3 is 5.11 Å². The Morgan fingerprint density at radius 1 is 1.05 bits per heavy atom. The number of aryl methyl sites for hydroxylation is 1. The Bertz CT molecular complexity index is 574. The molecule has 0 spiro atoms. The number of halogens is 1. The average molecular weight is 289 g/mol. The fraction of sp³-hybridized carbons (Fsp3) is 0.333. The first kappa shape index (κ1) is 15.1. The Hall–Kier alpha value is -1.31. The standard InChI is InChI=1S/C18H21ClO/c1-4-12(2)14-5-7-15(8-6-14)18(20)17-10-9-16(19)11-13(17)3/h5-12,18,20H,4H2,1-3H3. The van der Waals surface area contributed by atoms with Crippen LogP contribution < -0.4 is 0 Å². The molecule has 0 bridgehead atoms. The summed E-state index contributed by atoms with van der Waals surface area (Å²) in [5.41, 5.74) is 4.15. The van der Waals surface area contributed by atoms with E-state index in [1.807, 2.05) is 37.3 Å². The van der Waals surface area contributed by atoms with Crippen molar-refractivity contribution < 1.29 is 5.11 Å². The van der Waals surface area contributed by atoms with Gasteiger partial charge in [0.2, 0.25) is 0 Å². The van der Waals surface area contributed by atoms with Crippen LogP contribution in [0.5, 0.6) is 0 Å². The smallest absolute Gasteiger partial charge is 0.104 e. The van der Waals surface area contributed by atoms with Crippen molar-refractivity contribution >= 4 is 11.6 Å². The topological polar surface area (TPSA) is 20.2 Å². The Balaban J connectivity index is 2.26. The van der Waals surface area contributed by atoms with Crippen LogP contribution in [0, 0.1) is 6.92 Å². The van der Waals surface area contributed by atoms with Gasteiger partial charge in [0.15, 0.2) is 0 Å². The lowest BCUT2D eigenvalue weighted by atomic mass is 9.93. The monoisotopic (exact) mass is 288 g/mol. The molecule has 2 heteroatoms. The van der Waals surface area contributed by atoms with Crippen molar-refractivity contribution in [2.75, 3.05) is 0 Å². The van der Waals surface area contributed by atoms with E-state index < -0.39 is 6.10 Å². The van der Waals surface area contributed by atoms with Crippen molar-refractivity contribution in [3.8, 4) is 0 Å². The number of hydrogen-bond acceptors (Lipinski definition) is 1. The van der Waals surface area contributed by atoms with Crippen LogP contribution >= 0.6 is 11.6 Å². The van der Waals surface area contributed by atoms with Gasteiger partial charge in [0, 0.05) is 5.02 Å². The van der Waals surface area contributed by atoms with E-state index in [2.05, 4.69) is 26.0 Å². The highest BCUT2D eigenvalue weighted by Crippen LogP contribution is 2.28. The third kappa shape index (κ3) is 3.23. The van der Waals surface area contributed by atoms with Gasteiger partial charge in [-0.05, 0) is 53.6 Å². The largest absolute Gasteiger partial charge is 0.384 e. The lowest BCUT2D eigenvalue weighted by molar-refractivity contribution is 0.219. The molecule has 0 fully saturated rings. The van der Waals surface area contributed by atoms with Gasteiger partial charge in [-0.15, -0.1) is 0 Å². The maximum Gasteiger partial charge on any atom is 0.104 e. The van der Waals surface area contributed by atoms with Crippen molar-refractivity contribution in [1.29, 1.82) is 0 Å². The zero-order valence-corrected chi connectivity index (χ0v) is 13.0. The van der Waals surface area contributed by atoms with Crippen LogP contribution in [0.4, 0.5) is 0 Å². The van der Waals surface area contributed by atoms with E-state index in [0.717, 1.165) is 23.1 Å². The molecule has 0 aliphatic heterocycles. The highest BCUT2D eigenvalue weighted by atomic mass is 35.5. The van der Waals surface area contributed by atoms with Gasteiger partial charge in [0.1, 0.15) is 6.10 Å². The predicted molar refractivity (Wildman–Crippen MR) is 85.4 cm³/mol. The summed E-state index contributed by atoms with van der Waals surface area (Å²) in [6.45, 7) is 6.37. The molecule has 0 saturated heterocycles. The van der Waals surface area contributed by atoms with Gasteiger partial charge >= 0.3 is 0 Å². The SMILES string of the molecule is CCC(C)c1ccc(C(O)c2ccc(Cl)cc2C)cc1. The number of hydrogen-bond donors (Lipinski definition) is 1. The zero-order valence-electron chi connectivity index (χ0n) is 12.2. The summed E-state index contributed by atoms with van der Waals surface area (Å²) in [5.74, 6) is 0.554. The average Bonchev–Trinajstić information content (AvgIpc) is 2.46. The molecule has 0 saturated carbocycles. The molecule has 2 rings (SSSR count). The summed E-state index contributed by atoms with van der Waals surface area (Å²) in [6.07, 6.45) is 0.524. The Kier molecular flexibility index (Phi) is 4.85. The van der Waals surface area contributed by atoms with Crippen LogP contribution in [0.25, 0.3) is 0 Å². The molecule has 0 amide bonds. The fourth-order valence-electron chi connectivity index (χ4n) is 2.37. The molecule has 1 nitrogen and oxygen atoms in total. The number of benzene rings is 2. The van der Waals surface area contributed by atoms with Gasteiger partial charge in [0.05, 0.1) is 0 Å². The van der Waals surface area contributed by atoms with Crippen LogP contribution in [0.1, 0.15) is 54.5 Å². The van der Waals surface area contributed by atoms with Gasteiger partial charge in [-0.25, -0.2) is 0 Å². The van der Waals surface area contributed by atoms with Gasteiger partial charge in [-0.1, -0.05) is 55.8 Å². The molecule has 2 aromatic rings. The van der Waals surface area contributed by atoms with Crippen molar-refractivity contribution in [3.63, 3.8) is 0 Å². The molecule has 20 heavy (non-hydrogen) atoms. The second-order valence-electron chi connectivity index (χ2n) is 5.38. The Morgan fingerprint density at radius 2 is 1.65 bits per heavy atom. The molecule has 0 radical (unpaired) electrons. The maximum absolute atomic E-state index is 10.5. The number of aliphatic hydroxyl groups is 1. The van der Waals surface area contributed by atoms with Gasteiger partial charge in [0.25, 0.3) is 0 Å². The Labute approximate surface area is 126 Å². The summed E-state index contributed by atoms with van der Waals surface area (Å²) < 4.78 is 0. The number of aliphatic hydroxyl groups excluding tert-OH is 1. The van der Waals surface area contributed by atoms with Crippen molar-refractivity contribution in [2.24, 2.45) is 0 Å². The van der Waals surface area contributed by atoms with E-state index >= 15 is 0 Å². The maximum atomic E-state index is 10.5. The molecule has 2 unspecified atom stereocenters. The van der Waals surface area contributed by atoms with Crippen LogP contribution in [0.15, 0.2) is 42.5 Å². The van der Waals surface area contributed by atoms with Gasteiger partial charge in [-0.2, -0.15) is 0 Å². The molecular formula is C18H21ClO. The first-order chi connectivity index (χ1) is 9.52. The Morgan fingerprint density at radius 3 is 2.20 bits per heavy atom. The summed E-state index contributed by atoms with van der Waals surface area (Å²) >= 11 is 5.96. The summed E-state index contributed by atoms with van der Waals surface area (Å²) in [6, 6.07) is 13.8. The quantitative estimate of drug-likeness (QED) is 0.815. The van der Waals surface area contributed by atoms with E-state index in [-0.39, 0.29) is 0 Å². The molecule has 0 aromatic heterocycles. The summed E-state index contributed by atoms with van der Waals surface area (Å²) in [7, 11) is 0. The molecule has 1 N–H and O–H groups in total. The lowest BCUT2D eigenvalue weighted by Crippen LogP contribution is -2.02. The highest BCUT2D eigenvalue weighted by molar-refractivity contribution is 6.30. The first-order valence-electron chi connectivity index (χ1n) is 7.07. The third-order valence-corrected chi connectivity index (χ3v) is 4.20. The minimum atomic E-state index is -0.599. The first-order valence-corrected chi connectivity index (χ1v) is 7.44. The molecule has 0 aliphatic rings. The lowest BCUT2D eigenvalue weighted by Gasteiger charge is -2.16. The van der Waals surface area contributed by atoms with E-state index in [1.165, 1.54) is 5.56 Å². The molecular weight excluding hydrogens is 268 g/mol. The fourth-order valence-corrected chi connectivity index (χ4v) is 2.59. The number of rotatable bonds is 4. The molecule has 106 valence electrons. The molecule has 0 heterocycles. The third-order valence-electron chi connectivity index (χ3n) is 3.96. The zero-order chi connectivity index (χ0) is 14.7. The van der Waals surface area contributed by atoms with E-state index in [0.29, 0.717) is 10.9 Å². The molecule has 2 aromatic carbocycles. The van der Waals surface area contributed by atoms with Gasteiger partial charge in [-0.3, -0.25) is 0 Å². The minimum Gasteiger partial charge on any atom is -0.384 e. The second-order valence-corrected chi connectivity index (χ2v) is 5.82. The van der Waals surface area contributed by atoms with Crippen LogP contribution in [-0.2, 0) is 0 Å². The minimum absolute atomic E-state index is 0.554. The molecule has 0 aliphatic carbocycles.